The summed E-state index contributed by atoms with van der Waals surface area (Å²) in [5.41, 5.74) is 1.34. The maximum atomic E-state index is 12.5. The number of anilines is 1. The molecule has 3 rings (SSSR count). The number of thiocarbonyl (C=S) groups is 1. The molecule has 2 amide bonds. The van der Waals surface area contributed by atoms with Gasteiger partial charge in [-0.25, -0.2) is 0 Å². The lowest BCUT2D eigenvalue weighted by atomic mass is 10.2. The van der Waals surface area contributed by atoms with E-state index in [1.165, 1.54) is 16.7 Å². The van der Waals surface area contributed by atoms with E-state index in [0.717, 1.165) is 5.75 Å². The van der Waals surface area contributed by atoms with E-state index in [1.807, 2.05) is 19.1 Å². The standard InChI is InChI=1S/C23H22N2O4S2/c1-3-13-25-22(27)20(31-23(25)30)14-16-7-5-6-8-19(16)29-15-21(26)24-17-9-11-18(12-10-17)28-4-2/h3,5-12,14H,1,4,13,15H2,2H3,(H,24,26)/b20-14-. The fourth-order valence-electron chi connectivity index (χ4n) is 2.80. The van der Waals surface area contributed by atoms with Crippen LogP contribution in [-0.2, 0) is 9.59 Å². The molecular weight excluding hydrogens is 432 g/mol. The molecule has 160 valence electrons. The molecule has 1 fully saturated rings. The first-order valence-electron chi connectivity index (χ1n) is 9.62. The second kappa shape index (κ2) is 10.8. The molecule has 0 aromatic heterocycles. The van der Waals surface area contributed by atoms with Crippen LogP contribution in [0.15, 0.2) is 66.1 Å². The number of ether oxygens (including phenoxy) is 2. The van der Waals surface area contributed by atoms with Crippen LogP contribution in [0, 0.1) is 0 Å². The third kappa shape index (κ3) is 5.96. The molecule has 0 aliphatic carbocycles. The Morgan fingerprint density at radius 3 is 2.65 bits per heavy atom. The van der Waals surface area contributed by atoms with Crippen LogP contribution in [0.2, 0.25) is 0 Å². The Bertz CT molecular complexity index is 1020. The molecule has 1 aliphatic heterocycles. The van der Waals surface area contributed by atoms with E-state index in [4.69, 9.17) is 21.7 Å². The van der Waals surface area contributed by atoms with Crippen molar-refractivity contribution in [2.75, 3.05) is 25.1 Å². The quantitative estimate of drug-likeness (QED) is 0.342. The zero-order valence-corrected chi connectivity index (χ0v) is 18.6. The topological polar surface area (TPSA) is 67.9 Å². The van der Waals surface area contributed by atoms with Crippen molar-refractivity contribution in [2.24, 2.45) is 0 Å². The van der Waals surface area contributed by atoms with Gasteiger partial charge in [0.15, 0.2) is 6.61 Å². The summed E-state index contributed by atoms with van der Waals surface area (Å²) in [6.45, 7) is 6.34. The van der Waals surface area contributed by atoms with E-state index >= 15 is 0 Å². The first kappa shape index (κ1) is 22.6. The third-order valence-corrected chi connectivity index (χ3v) is 5.58. The SMILES string of the molecule is C=CCN1C(=O)/C(=C/c2ccccc2OCC(=O)Nc2ccc(OCC)cc2)SC1=S. The second-order valence-electron chi connectivity index (χ2n) is 6.41. The lowest BCUT2D eigenvalue weighted by Gasteiger charge is -2.11. The fourth-order valence-corrected chi connectivity index (χ4v) is 4.07. The number of hydrogen-bond donors (Lipinski definition) is 1. The molecule has 1 N–H and O–H groups in total. The van der Waals surface area contributed by atoms with Gasteiger partial charge < -0.3 is 14.8 Å². The molecule has 6 nitrogen and oxygen atoms in total. The molecular formula is C23H22N2O4S2. The molecule has 31 heavy (non-hydrogen) atoms. The summed E-state index contributed by atoms with van der Waals surface area (Å²) in [6.07, 6.45) is 3.36. The zero-order chi connectivity index (χ0) is 22.2. The van der Waals surface area contributed by atoms with Gasteiger partial charge in [0.1, 0.15) is 15.8 Å². The monoisotopic (exact) mass is 454 g/mol. The molecule has 2 aromatic carbocycles. The third-order valence-electron chi connectivity index (χ3n) is 4.20. The van der Waals surface area contributed by atoms with Crippen molar-refractivity contribution in [1.29, 1.82) is 0 Å². The van der Waals surface area contributed by atoms with Crippen molar-refractivity contribution in [3.63, 3.8) is 0 Å². The first-order valence-corrected chi connectivity index (χ1v) is 10.8. The van der Waals surface area contributed by atoms with Gasteiger partial charge in [0.05, 0.1) is 11.5 Å². The van der Waals surface area contributed by atoms with Crippen molar-refractivity contribution < 1.29 is 19.1 Å². The molecule has 0 bridgehead atoms. The zero-order valence-electron chi connectivity index (χ0n) is 17.0. The van der Waals surface area contributed by atoms with Gasteiger partial charge in [-0.2, -0.15) is 0 Å². The molecule has 1 aliphatic rings. The Kier molecular flexibility index (Phi) is 7.86. The summed E-state index contributed by atoms with van der Waals surface area (Å²) in [4.78, 5) is 26.8. The Morgan fingerprint density at radius 1 is 1.19 bits per heavy atom. The number of nitrogens with one attached hydrogen (secondary N) is 1. The molecule has 0 atom stereocenters. The molecule has 0 spiro atoms. The lowest BCUT2D eigenvalue weighted by molar-refractivity contribution is -0.121. The predicted octanol–water partition coefficient (Wildman–Crippen LogP) is 4.49. The van der Waals surface area contributed by atoms with Crippen LogP contribution in [0.4, 0.5) is 5.69 Å². The van der Waals surface area contributed by atoms with Crippen LogP contribution in [0.1, 0.15) is 12.5 Å². The largest absolute Gasteiger partial charge is 0.494 e. The molecule has 0 saturated carbocycles. The predicted molar refractivity (Wildman–Crippen MR) is 128 cm³/mol. The number of hydrogen-bond acceptors (Lipinski definition) is 6. The molecule has 1 heterocycles. The number of carbonyl (C=O) groups excluding carboxylic acids is 2. The van der Waals surface area contributed by atoms with E-state index in [-0.39, 0.29) is 18.4 Å². The summed E-state index contributed by atoms with van der Waals surface area (Å²) >= 11 is 6.50. The van der Waals surface area contributed by atoms with Gasteiger partial charge >= 0.3 is 0 Å². The number of nitrogens with zero attached hydrogens (tertiary/aromatic N) is 1. The summed E-state index contributed by atoms with van der Waals surface area (Å²) < 4.78 is 11.6. The summed E-state index contributed by atoms with van der Waals surface area (Å²) in [6, 6.07) is 14.3. The van der Waals surface area contributed by atoms with Crippen molar-refractivity contribution in [3.05, 3.63) is 71.7 Å². The Balaban J connectivity index is 1.64. The minimum absolute atomic E-state index is 0.169. The minimum Gasteiger partial charge on any atom is -0.494 e. The highest BCUT2D eigenvalue weighted by Crippen LogP contribution is 2.34. The molecule has 0 radical (unpaired) electrons. The first-order chi connectivity index (χ1) is 15.0. The summed E-state index contributed by atoms with van der Waals surface area (Å²) in [5, 5.41) is 2.78. The van der Waals surface area contributed by atoms with Crippen molar-refractivity contribution in [2.45, 2.75) is 6.92 Å². The van der Waals surface area contributed by atoms with Crippen LogP contribution in [0.25, 0.3) is 6.08 Å². The Hall–Kier alpha value is -3.10. The Morgan fingerprint density at radius 2 is 1.94 bits per heavy atom. The highest BCUT2D eigenvalue weighted by Gasteiger charge is 2.31. The van der Waals surface area contributed by atoms with Crippen LogP contribution in [0.5, 0.6) is 11.5 Å². The maximum Gasteiger partial charge on any atom is 0.266 e. The van der Waals surface area contributed by atoms with E-state index < -0.39 is 0 Å². The van der Waals surface area contributed by atoms with Gasteiger partial charge in [0.2, 0.25) is 0 Å². The average Bonchev–Trinajstić information content (AvgIpc) is 3.02. The van der Waals surface area contributed by atoms with E-state index in [9.17, 15) is 9.59 Å². The fraction of sp³-hybridized carbons (Fsp3) is 0.174. The normalized spacial score (nSPS) is 14.6. The number of amides is 2. The van der Waals surface area contributed by atoms with Crippen LogP contribution >= 0.6 is 24.0 Å². The van der Waals surface area contributed by atoms with Gasteiger partial charge in [0.25, 0.3) is 11.8 Å². The Labute approximate surface area is 190 Å². The summed E-state index contributed by atoms with van der Waals surface area (Å²) in [5.74, 6) is 0.775. The van der Waals surface area contributed by atoms with Crippen molar-refractivity contribution >= 4 is 51.9 Å². The van der Waals surface area contributed by atoms with Gasteiger partial charge in [-0.1, -0.05) is 48.3 Å². The van der Waals surface area contributed by atoms with Crippen molar-refractivity contribution in [1.82, 2.24) is 4.90 Å². The minimum atomic E-state index is -0.295. The van der Waals surface area contributed by atoms with Crippen LogP contribution < -0.4 is 14.8 Å². The second-order valence-corrected chi connectivity index (χ2v) is 8.09. The molecule has 1 saturated heterocycles. The number of thioether (sulfide) groups is 1. The van der Waals surface area contributed by atoms with Gasteiger partial charge in [0, 0.05) is 17.8 Å². The number of carbonyl (C=O) groups is 2. The number of benzene rings is 2. The summed E-state index contributed by atoms with van der Waals surface area (Å²) in [7, 11) is 0. The molecule has 2 aromatic rings. The maximum absolute atomic E-state index is 12.5. The number of rotatable bonds is 9. The van der Waals surface area contributed by atoms with E-state index in [0.29, 0.717) is 39.4 Å². The van der Waals surface area contributed by atoms with Crippen LogP contribution in [0.3, 0.4) is 0 Å². The smallest absolute Gasteiger partial charge is 0.266 e. The highest BCUT2D eigenvalue weighted by atomic mass is 32.2. The van der Waals surface area contributed by atoms with E-state index in [2.05, 4.69) is 11.9 Å². The lowest BCUT2D eigenvalue weighted by Crippen LogP contribution is -2.27. The molecule has 8 heteroatoms. The van der Waals surface area contributed by atoms with Crippen molar-refractivity contribution in [3.8, 4) is 11.5 Å². The molecule has 0 unspecified atom stereocenters. The number of para-hydroxylation sites is 1. The van der Waals surface area contributed by atoms with Crippen LogP contribution in [-0.4, -0.2) is 40.8 Å². The average molecular weight is 455 g/mol. The van der Waals surface area contributed by atoms with Gasteiger partial charge in [-0.05, 0) is 43.3 Å². The van der Waals surface area contributed by atoms with Gasteiger partial charge in [-0.3, -0.25) is 14.5 Å². The van der Waals surface area contributed by atoms with E-state index in [1.54, 1.807) is 48.6 Å². The highest BCUT2D eigenvalue weighted by molar-refractivity contribution is 8.26. The van der Waals surface area contributed by atoms with Gasteiger partial charge in [-0.15, -0.1) is 6.58 Å².